The van der Waals surface area contributed by atoms with Gasteiger partial charge in [0.15, 0.2) is 0 Å². The number of amides is 2. The van der Waals surface area contributed by atoms with E-state index >= 15 is 0 Å². The van der Waals surface area contributed by atoms with Gasteiger partial charge < -0.3 is 15.4 Å². The average Bonchev–Trinajstić information content (AvgIpc) is 3.35. The monoisotopic (exact) mass is 453 g/mol. The molecule has 1 fully saturated rings. The second-order valence-corrected chi connectivity index (χ2v) is 8.35. The van der Waals surface area contributed by atoms with Gasteiger partial charge in [-0.2, -0.15) is 0 Å². The van der Waals surface area contributed by atoms with Crippen molar-refractivity contribution in [2.75, 3.05) is 38.2 Å². The Morgan fingerprint density at radius 1 is 1.03 bits per heavy atom. The molecule has 6 nitrogen and oxygen atoms in total. The number of carbonyl (C=O) groups is 2. The molecule has 2 aromatic carbocycles. The molecule has 0 radical (unpaired) electrons. The quantitative estimate of drug-likeness (QED) is 0.569. The Kier molecular flexibility index (Phi) is 7.26. The molecule has 8 heteroatoms. The molecule has 2 amide bonds. The molecular formula is C24H24FN3O3S. The Hall–Kier alpha value is -3.07. The van der Waals surface area contributed by atoms with Crippen LogP contribution in [0.15, 0.2) is 66.0 Å². The van der Waals surface area contributed by atoms with E-state index in [1.165, 1.54) is 23.5 Å². The number of para-hydroxylation sites is 1. The lowest BCUT2D eigenvalue weighted by molar-refractivity contribution is 0.0162. The van der Waals surface area contributed by atoms with Crippen molar-refractivity contribution in [1.82, 2.24) is 10.2 Å². The number of ether oxygens (including phenoxy) is 1. The molecule has 2 N–H and O–H groups in total. The SMILES string of the molecule is O=C(Nc1ccccc1C(=O)NCC(c1cccc(F)c1)N1CCOCC1)c1cccs1. The van der Waals surface area contributed by atoms with Gasteiger partial charge in [-0.15, -0.1) is 11.3 Å². The van der Waals surface area contributed by atoms with Gasteiger partial charge in [0, 0.05) is 19.6 Å². The minimum absolute atomic E-state index is 0.188. The topological polar surface area (TPSA) is 70.7 Å². The van der Waals surface area contributed by atoms with E-state index in [2.05, 4.69) is 15.5 Å². The molecule has 0 saturated carbocycles. The predicted molar refractivity (Wildman–Crippen MR) is 123 cm³/mol. The maximum Gasteiger partial charge on any atom is 0.265 e. The first-order chi connectivity index (χ1) is 15.6. The van der Waals surface area contributed by atoms with E-state index in [1.807, 2.05) is 11.4 Å². The number of nitrogens with zero attached hydrogens (tertiary/aromatic N) is 1. The summed E-state index contributed by atoms with van der Waals surface area (Å²) in [5, 5.41) is 7.61. The number of halogens is 1. The van der Waals surface area contributed by atoms with Gasteiger partial charge in [-0.3, -0.25) is 14.5 Å². The van der Waals surface area contributed by atoms with E-state index < -0.39 is 0 Å². The molecule has 1 aliphatic rings. The summed E-state index contributed by atoms with van der Waals surface area (Å²) in [5.41, 5.74) is 1.61. The van der Waals surface area contributed by atoms with Crippen molar-refractivity contribution >= 4 is 28.8 Å². The van der Waals surface area contributed by atoms with E-state index in [0.717, 1.165) is 5.56 Å². The molecule has 1 saturated heterocycles. The Morgan fingerprint density at radius 2 is 1.84 bits per heavy atom. The summed E-state index contributed by atoms with van der Waals surface area (Å²) in [6.07, 6.45) is 0. The van der Waals surface area contributed by atoms with Crippen molar-refractivity contribution in [3.05, 3.63) is 87.9 Å². The zero-order valence-electron chi connectivity index (χ0n) is 17.4. The number of rotatable bonds is 7. The number of nitrogens with one attached hydrogen (secondary N) is 2. The van der Waals surface area contributed by atoms with Crippen LogP contribution >= 0.6 is 11.3 Å². The lowest BCUT2D eigenvalue weighted by Gasteiger charge is -2.35. The van der Waals surface area contributed by atoms with Gasteiger partial charge >= 0.3 is 0 Å². The van der Waals surface area contributed by atoms with Crippen LogP contribution in [-0.2, 0) is 4.74 Å². The van der Waals surface area contributed by atoms with Crippen molar-refractivity contribution in [3.8, 4) is 0 Å². The van der Waals surface area contributed by atoms with E-state index in [1.54, 1.807) is 42.5 Å². The normalized spacial score (nSPS) is 15.2. The molecule has 1 aromatic heterocycles. The Morgan fingerprint density at radius 3 is 2.59 bits per heavy atom. The first-order valence-electron chi connectivity index (χ1n) is 10.4. The third-order valence-corrected chi connectivity index (χ3v) is 6.21. The predicted octanol–water partition coefficient (Wildman–Crippen LogP) is 3.94. The van der Waals surface area contributed by atoms with Gasteiger partial charge in [0.1, 0.15) is 5.82 Å². The smallest absolute Gasteiger partial charge is 0.265 e. The summed E-state index contributed by atoms with van der Waals surface area (Å²) in [6.45, 7) is 2.89. The fourth-order valence-electron chi connectivity index (χ4n) is 3.73. The van der Waals surface area contributed by atoms with Crippen molar-refractivity contribution in [3.63, 3.8) is 0 Å². The molecule has 4 rings (SSSR count). The third-order valence-electron chi connectivity index (χ3n) is 5.34. The zero-order valence-corrected chi connectivity index (χ0v) is 18.2. The molecule has 0 bridgehead atoms. The van der Waals surface area contributed by atoms with Crippen LogP contribution in [0, 0.1) is 5.82 Å². The first-order valence-corrected chi connectivity index (χ1v) is 11.3. The second kappa shape index (κ2) is 10.5. The highest BCUT2D eigenvalue weighted by atomic mass is 32.1. The summed E-state index contributed by atoms with van der Waals surface area (Å²) in [7, 11) is 0. The number of benzene rings is 2. The Bertz CT molecular complexity index is 1070. The second-order valence-electron chi connectivity index (χ2n) is 7.41. The van der Waals surface area contributed by atoms with Crippen molar-refractivity contribution < 1.29 is 18.7 Å². The van der Waals surface area contributed by atoms with Gasteiger partial charge in [-0.25, -0.2) is 4.39 Å². The number of hydrogen-bond acceptors (Lipinski definition) is 5. The molecule has 2 heterocycles. The summed E-state index contributed by atoms with van der Waals surface area (Å²) in [5.74, 6) is -0.873. The number of morpholine rings is 1. The lowest BCUT2D eigenvalue weighted by atomic mass is 10.0. The average molecular weight is 454 g/mol. The third kappa shape index (κ3) is 5.40. The summed E-state index contributed by atoms with van der Waals surface area (Å²) in [4.78, 5) is 28.2. The first kappa shape index (κ1) is 22.1. The number of thiophene rings is 1. The molecule has 0 aliphatic carbocycles. The van der Waals surface area contributed by atoms with Crippen LogP contribution in [0.5, 0.6) is 0 Å². The van der Waals surface area contributed by atoms with Crippen LogP contribution in [0.4, 0.5) is 10.1 Å². The Labute approximate surface area is 190 Å². The van der Waals surface area contributed by atoms with Gasteiger partial charge in [-0.1, -0.05) is 30.3 Å². The van der Waals surface area contributed by atoms with E-state index in [4.69, 9.17) is 4.74 Å². The molecule has 3 aromatic rings. The molecular weight excluding hydrogens is 429 g/mol. The van der Waals surface area contributed by atoms with Crippen molar-refractivity contribution in [2.45, 2.75) is 6.04 Å². The van der Waals surface area contributed by atoms with Gasteiger partial charge in [0.25, 0.3) is 11.8 Å². The van der Waals surface area contributed by atoms with Crippen LogP contribution in [0.3, 0.4) is 0 Å². The van der Waals surface area contributed by atoms with Crippen LogP contribution in [-0.4, -0.2) is 49.6 Å². The van der Waals surface area contributed by atoms with Crippen LogP contribution < -0.4 is 10.6 Å². The number of hydrogen-bond donors (Lipinski definition) is 2. The highest BCUT2D eigenvalue weighted by molar-refractivity contribution is 7.12. The minimum atomic E-state index is -0.311. The number of carbonyl (C=O) groups excluding carboxylic acids is 2. The summed E-state index contributed by atoms with van der Waals surface area (Å²) in [6, 6.07) is 16.7. The number of anilines is 1. The van der Waals surface area contributed by atoms with Crippen molar-refractivity contribution in [2.24, 2.45) is 0 Å². The largest absolute Gasteiger partial charge is 0.379 e. The molecule has 1 atom stereocenters. The van der Waals surface area contributed by atoms with Crippen molar-refractivity contribution in [1.29, 1.82) is 0 Å². The highest BCUT2D eigenvalue weighted by Gasteiger charge is 2.24. The fourth-order valence-corrected chi connectivity index (χ4v) is 4.35. The van der Waals surface area contributed by atoms with Crippen LogP contribution in [0.2, 0.25) is 0 Å². The highest BCUT2D eigenvalue weighted by Crippen LogP contribution is 2.23. The van der Waals surface area contributed by atoms with Crippen LogP contribution in [0.25, 0.3) is 0 Å². The molecule has 166 valence electrons. The standard InChI is InChI=1S/C24H24FN3O3S/c25-18-6-3-5-17(15-18)21(28-10-12-31-13-11-28)16-26-23(29)19-7-1-2-8-20(19)27-24(30)22-9-4-14-32-22/h1-9,14-15,21H,10-13,16H2,(H,26,29)(H,27,30). The van der Waals surface area contributed by atoms with Gasteiger partial charge in [0.05, 0.1) is 35.4 Å². The van der Waals surface area contributed by atoms with E-state index in [9.17, 15) is 14.0 Å². The molecule has 32 heavy (non-hydrogen) atoms. The Balaban J connectivity index is 1.49. The fraction of sp³-hybridized carbons (Fsp3) is 0.250. The maximum absolute atomic E-state index is 13.9. The zero-order chi connectivity index (χ0) is 22.3. The summed E-state index contributed by atoms with van der Waals surface area (Å²) >= 11 is 1.33. The summed E-state index contributed by atoms with van der Waals surface area (Å²) < 4.78 is 19.3. The van der Waals surface area contributed by atoms with E-state index in [-0.39, 0.29) is 23.7 Å². The van der Waals surface area contributed by atoms with Gasteiger partial charge in [0.2, 0.25) is 0 Å². The molecule has 0 spiro atoms. The minimum Gasteiger partial charge on any atom is -0.379 e. The van der Waals surface area contributed by atoms with Crippen LogP contribution in [0.1, 0.15) is 31.6 Å². The van der Waals surface area contributed by atoms with E-state index in [0.29, 0.717) is 49.0 Å². The maximum atomic E-state index is 13.9. The lowest BCUT2D eigenvalue weighted by Crippen LogP contribution is -2.44. The van der Waals surface area contributed by atoms with Gasteiger partial charge in [-0.05, 0) is 41.3 Å². The molecule has 1 aliphatic heterocycles. The molecule has 1 unspecified atom stereocenters.